The monoisotopic (exact) mass is 558 g/mol. The van der Waals surface area contributed by atoms with Crippen LogP contribution in [0.2, 0.25) is 5.02 Å². The number of carbonyl (C=O) groups excluding carboxylic acids is 1. The maximum atomic E-state index is 13.3. The van der Waals surface area contributed by atoms with Gasteiger partial charge in [-0.1, -0.05) is 23.7 Å². The molecule has 13 heteroatoms. The Hall–Kier alpha value is -4.06. The summed E-state index contributed by atoms with van der Waals surface area (Å²) in [5, 5.41) is 16.4. The summed E-state index contributed by atoms with van der Waals surface area (Å²) in [6.07, 6.45) is -3.03. The van der Waals surface area contributed by atoms with Gasteiger partial charge in [0.05, 0.1) is 29.0 Å². The number of amides is 1. The molecule has 0 spiro atoms. The fourth-order valence-corrected chi connectivity index (χ4v) is 4.66. The normalized spacial score (nSPS) is 13.5. The van der Waals surface area contributed by atoms with Crippen molar-refractivity contribution in [3.05, 3.63) is 70.4 Å². The lowest BCUT2D eigenvalue weighted by Gasteiger charge is -2.28. The number of carboxylic acid groups (broad SMARTS) is 1. The van der Waals surface area contributed by atoms with Crippen molar-refractivity contribution in [2.75, 3.05) is 6.54 Å². The molecule has 39 heavy (non-hydrogen) atoms. The van der Waals surface area contributed by atoms with Crippen LogP contribution in [0, 0.1) is 0 Å². The van der Waals surface area contributed by atoms with Crippen molar-refractivity contribution in [2.45, 2.75) is 44.9 Å². The van der Waals surface area contributed by atoms with E-state index in [0.29, 0.717) is 52.3 Å². The van der Waals surface area contributed by atoms with Crippen molar-refractivity contribution < 1.29 is 27.9 Å². The fourth-order valence-electron chi connectivity index (χ4n) is 4.53. The van der Waals surface area contributed by atoms with E-state index in [4.69, 9.17) is 26.7 Å². The minimum Gasteiger partial charge on any atom is -0.481 e. The molecule has 0 saturated carbocycles. The molecule has 0 atom stereocenters. The predicted octanol–water partition coefficient (Wildman–Crippen LogP) is 5.01. The van der Waals surface area contributed by atoms with Crippen LogP contribution < -0.4 is 0 Å². The average Bonchev–Trinajstić information content (AvgIpc) is 3.34. The minimum atomic E-state index is -4.62. The molecule has 0 fully saturated rings. The van der Waals surface area contributed by atoms with E-state index in [-0.39, 0.29) is 37.8 Å². The number of nitrogens with zero attached hydrogens (tertiary/aromatic N) is 6. The Kier molecular flexibility index (Phi) is 7.21. The van der Waals surface area contributed by atoms with Crippen LogP contribution >= 0.6 is 11.6 Å². The van der Waals surface area contributed by atoms with Crippen LogP contribution in [0.15, 0.2) is 42.5 Å². The van der Waals surface area contributed by atoms with Crippen LogP contribution in [0.3, 0.4) is 0 Å². The maximum Gasteiger partial charge on any atom is 0.451 e. The number of rotatable bonds is 7. The van der Waals surface area contributed by atoms with Gasteiger partial charge < -0.3 is 14.6 Å². The summed E-state index contributed by atoms with van der Waals surface area (Å²) in [5.74, 6) is -2.24. The Balaban J connectivity index is 1.43. The van der Waals surface area contributed by atoms with Crippen LogP contribution in [-0.2, 0) is 30.5 Å². The second-order valence-corrected chi connectivity index (χ2v) is 9.58. The number of aliphatic carboxylic acids is 1. The molecular formula is C26H22ClF3N6O3. The number of hydrogen-bond acceptors (Lipinski definition) is 6. The van der Waals surface area contributed by atoms with Crippen molar-refractivity contribution >= 4 is 34.5 Å². The third-order valence-electron chi connectivity index (χ3n) is 6.45. The molecule has 9 nitrogen and oxygen atoms in total. The fraction of sp³-hybridized carbons (Fsp3) is 0.308. The molecule has 3 heterocycles. The summed E-state index contributed by atoms with van der Waals surface area (Å²) in [6.45, 7) is -0.0990. The summed E-state index contributed by atoms with van der Waals surface area (Å²) in [4.78, 5) is 35.2. The molecular weight excluding hydrogens is 537 g/mol. The van der Waals surface area contributed by atoms with Crippen molar-refractivity contribution in [3.63, 3.8) is 0 Å². The molecule has 0 saturated heterocycles. The lowest BCUT2D eigenvalue weighted by atomic mass is 10.0. The Bertz CT molecular complexity index is 1560. The summed E-state index contributed by atoms with van der Waals surface area (Å²) in [7, 11) is 0. The number of hydrogen-bond donors (Lipinski definition) is 1. The van der Waals surface area contributed by atoms with Crippen molar-refractivity contribution in [1.82, 2.24) is 29.6 Å². The van der Waals surface area contributed by atoms with Gasteiger partial charge in [0.1, 0.15) is 0 Å². The van der Waals surface area contributed by atoms with Crippen molar-refractivity contribution in [1.29, 1.82) is 0 Å². The van der Waals surface area contributed by atoms with Gasteiger partial charge in [-0.05, 0) is 49.6 Å². The second-order valence-electron chi connectivity index (χ2n) is 9.15. The van der Waals surface area contributed by atoms with Crippen LogP contribution in [0.4, 0.5) is 13.2 Å². The Morgan fingerprint density at radius 3 is 2.46 bits per heavy atom. The largest absolute Gasteiger partial charge is 0.481 e. The van der Waals surface area contributed by atoms with Gasteiger partial charge in [0.15, 0.2) is 5.82 Å². The smallest absolute Gasteiger partial charge is 0.451 e. The number of carbonyl (C=O) groups is 2. The molecule has 1 aliphatic rings. The van der Waals surface area contributed by atoms with E-state index >= 15 is 0 Å². The molecule has 4 aromatic rings. The van der Waals surface area contributed by atoms with Crippen LogP contribution in [0.1, 0.15) is 47.0 Å². The second kappa shape index (κ2) is 10.6. The molecule has 0 unspecified atom stereocenters. The molecule has 202 valence electrons. The van der Waals surface area contributed by atoms with Gasteiger partial charge in [-0.2, -0.15) is 13.2 Å². The average molecular weight is 559 g/mol. The maximum absolute atomic E-state index is 13.3. The lowest BCUT2D eigenvalue weighted by molar-refractivity contribution is -0.148. The SMILES string of the molecule is O=C(O)CCCCc1nc2cc(C(=O)N3CCn4c(nnc4C(F)(F)F)C3)ccc2nc1-c1ccc(Cl)cc1. The summed E-state index contributed by atoms with van der Waals surface area (Å²) < 4.78 is 40.4. The van der Waals surface area contributed by atoms with E-state index < -0.39 is 18.0 Å². The van der Waals surface area contributed by atoms with E-state index in [1.807, 2.05) is 12.1 Å². The van der Waals surface area contributed by atoms with Gasteiger partial charge >= 0.3 is 12.1 Å². The Labute approximate surface area is 225 Å². The molecule has 1 aliphatic heterocycles. The highest BCUT2D eigenvalue weighted by Crippen LogP contribution is 2.30. The third-order valence-corrected chi connectivity index (χ3v) is 6.70. The number of aromatic nitrogens is 5. The number of aryl methyl sites for hydroxylation is 1. The quantitative estimate of drug-likeness (QED) is 0.317. The number of halogens is 4. The summed E-state index contributed by atoms with van der Waals surface area (Å²) in [5.41, 5.74) is 3.45. The van der Waals surface area contributed by atoms with E-state index in [1.54, 1.807) is 30.3 Å². The number of benzene rings is 2. The van der Waals surface area contributed by atoms with E-state index in [0.717, 1.165) is 10.1 Å². The predicted molar refractivity (Wildman–Crippen MR) is 135 cm³/mol. The summed E-state index contributed by atoms with van der Waals surface area (Å²) in [6, 6.07) is 12.0. The molecule has 2 aromatic carbocycles. The highest BCUT2D eigenvalue weighted by molar-refractivity contribution is 6.30. The van der Waals surface area contributed by atoms with E-state index in [1.165, 1.54) is 4.90 Å². The highest BCUT2D eigenvalue weighted by atomic mass is 35.5. The topological polar surface area (TPSA) is 114 Å². The van der Waals surface area contributed by atoms with Gasteiger partial charge in [-0.3, -0.25) is 9.59 Å². The van der Waals surface area contributed by atoms with Crippen molar-refractivity contribution in [3.8, 4) is 11.3 Å². The van der Waals surface area contributed by atoms with E-state index in [9.17, 15) is 22.8 Å². The molecule has 2 aromatic heterocycles. The first kappa shape index (κ1) is 26.5. The first-order valence-electron chi connectivity index (χ1n) is 12.2. The Morgan fingerprint density at radius 1 is 0.974 bits per heavy atom. The van der Waals surface area contributed by atoms with Crippen LogP contribution in [-0.4, -0.2) is 53.2 Å². The van der Waals surface area contributed by atoms with Gasteiger partial charge in [-0.25, -0.2) is 9.97 Å². The van der Waals surface area contributed by atoms with Gasteiger partial charge in [0, 0.05) is 35.7 Å². The van der Waals surface area contributed by atoms with Crippen molar-refractivity contribution in [2.24, 2.45) is 0 Å². The number of unbranched alkanes of at least 4 members (excludes halogenated alkanes) is 1. The molecule has 0 radical (unpaired) electrons. The number of carboxylic acids is 1. The zero-order chi connectivity index (χ0) is 27.7. The first-order chi connectivity index (χ1) is 18.6. The highest BCUT2D eigenvalue weighted by Gasteiger charge is 2.40. The van der Waals surface area contributed by atoms with E-state index in [2.05, 4.69) is 10.2 Å². The van der Waals surface area contributed by atoms with Gasteiger partial charge in [-0.15, -0.1) is 10.2 Å². The molecule has 0 bridgehead atoms. The van der Waals surface area contributed by atoms with Crippen LogP contribution in [0.25, 0.3) is 22.3 Å². The standard InChI is InChI=1S/C26H22ClF3N6O3/c27-17-8-5-15(6-9-17)23-19(3-1-2-4-22(37)38)31-20-13-16(7-10-18(20)32-23)24(39)35-11-12-36-21(14-35)33-34-25(36)26(28,29)30/h5-10,13H,1-4,11-12,14H2,(H,37,38). The zero-order valence-corrected chi connectivity index (χ0v) is 21.2. The minimum absolute atomic E-state index is 0.0456. The van der Waals surface area contributed by atoms with Gasteiger partial charge in [0.25, 0.3) is 5.91 Å². The first-order valence-corrected chi connectivity index (χ1v) is 12.5. The Morgan fingerprint density at radius 2 is 1.74 bits per heavy atom. The third kappa shape index (κ3) is 5.70. The number of fused-ring (bicyclic) bond motifs is 2. The lowest BCUT2D eigenvalue weighted by Crippen LogP contribution is -2.39. The molecule has 0 aliphatic carbocycles. The molecule has 1 N–H and O–H groups in total. The summed E-state index contributed by atoms with van der Waals surface area (Å²) >= 11 is 6.04. The zero-order valence-electron chi connectivity index (χ0n) is 20.5. The van der Waals surface area contributed by atoms with Gasteiger partial charge in [0.2, 0.25) is 5.82 Å². The molecule has 5 rings (SSSR count). The number of alkyl halides is 3. The van der Waals surface area contributed by atoms with Crippen LogP contribution in [0.5, 0.6) is 0 Å². The molecule has 1 amide bonds.